The summed E-state index contributed by atoms with van der Waals surface area (Å²) < 4.78 is 10.9. The molecule has 7 heteroatoms. The van der Waals surface area contributed by atoms with E-state index < -0.39 is 0 Å². The van der Waals surface area contributed by atoms with Gasteiger partial charge in [0.05, 0.1) is 18.6 Å². The topological polar surface area (TPSA) is 94.1 Å². The van der Waals surface area contributed by atoms with E-state index in [1.807, 2.05) is 69.3 Å². The van der Waals surface area contributed by atoms with Crippen molar-refractivity contribution < 1.29 is 29.0 Å². The number of carbonyl (C=O) groups excluding carboxylic acids is 2. The molecule has 0 unspecified atom stereocenters. The van der Waals surface area contributed by atoms with Crippen LogP contribution in [0.4, 0.5) is 0 Å². The maximum atomic E-state index is 13.9. The molecule has 0 spiro atoms. The highest BCUT2D eigenvalue weighted by molar-refractivity contribution is 5.98. The average molecular weight is 540 g/mol. The third-order valence-corrected chi connectivity index (χ3v) is 7.74. The second-order valence-electron chi connectivity index (χ2n) is 11.3. The van der Waals surface area contributed by atoms with Gasteiger partial charge in [0.25, 0.3) is 0 Å². The first-order valence-electron chi connectivity index (χ1n) is 14.1. The number of carbonyl (C=O) groups is 2. The summed E-state index contributed by atoms with van der Waals surface area (Å²) in [6.45, 7) is 10.8. The molecule has 0 saturated carbocycles. The molecule has 2 aromatic rings. The summed E-state index contributed by atoms with van der Waals surface area (Å²) in [5.74, 6) is -0.270. The summed E-state index contributed by atoms with van der Waals surface area (Å²) in [5, 5.41) is 8.86. The van der Waals surface area contributed by atoms with Gasteiger partial charge in [-0.25, -0.2) is 0 Å². The van der Waals surface area contributed by atoms with Crippen LogP contribution in [0.25, 0.3) is 0 Å². The van der Waals surface area contributed by atoms with Crippen LogP contribution in [0.5, 0.6) is 0 Å². The molecule has 39 heavy (non-hydrogen) atoms. The van der Waals surface area contributed by atoms with Crippen molar-refractivity contribution in [2.45, 2.75) is 79.1 Å². The Bertz CT molecular complexity index is 1050. The molecule has 214 valence electrons. The zero-order valence-corrected chi connectivity index (χ0v) is 24.0. The number of aliphatic hydroxyl groups is 1. The maximum Gasteiger partial charge on any atom is 0.309 e. The molecule has 1 aliphatic heterocycles. The summed E-state index contributed by atoms with van der Waals surface area (Å²) in [6.07, 6.45) is 2.26. The lowest BCUT2D eigenvalue weighted by Crippen LogP contribution is -2.43. The molecule has 7 nitrogen and oxygen atoms in total. The molecule has 2 aromatic carbocycles. The highest BCUT2D eigenvalue weighted by Gasteiger charge is 2.42. The molecule has 2 N–H and O–H groups in total. The van der Waals surface area contributed by atoms with Gasteiger partial charge in [0.1, 0.15) is 12.9 Å². The maximum absolute atomic E-state index is 13.9. The highest BCUT2D eigenvalue weighted by atomic mass is 16.6. The standard InChI is InChI=1S/C32H45NO6/c1-21(2)27(31(35)26-14-13-23(5)25(16-26)12-9-15-37-20-34)17-29(30-18-28(22(3)4)32(36)39-30)33-38-19-24-10-7-6-8-11-24/h6-8,10-11,13-14,16,21-22,27-30,33-34H,9,12,15,17-20H2,1-5H3/t27-,28-,29-,30-/m0/s1. The van der Waals surface area contributed by atoms with Crippen LogP contribution in [0.1, 0.15) is 74.0 Å². The summed E-state index contributed by atoms with van der Waals surface area (Å²) in [7, 11) is 0. The van der Waals surface area contributed by atoms with Gasteiger partial charge in [0.2, 0.25) is 0 Å². The molecule has 1 aliphatic rings. The van der Waals surface area contributed by atoms with E-state index in [2.05, 4.69) is 19.3 Å². The molecular weight excluding hydrogens is 494 g/mol. The first-order valence-corrected chi connectivity index (χ1v) is 14.1. The molecule has 0 bridgehead atoms. The van der Waals surface area contributed by atoms with Crippen molar-refractivity contribution in [2.24, 2.45) is 23.7 Å². The van der Waals surface area contributed by atoms with Crippen LogP contribution >= 0.6 is 0 Å². The zero-order chi connectivity index (χ0) is 28.4. The number of hydrogen-bond donors (Lipinski definition) is 2. The van der Waals surface area contributed by atoms with Crippen molar-refractivity contribution >= 4 is 11.8 Å². The molecule has 4 atom stereocenters. The van der Waals surface area contributed by atoms with Crippen LogP contribution < -0.4 is 5.48 Å². The third-order valence-electron chi connectivity index (χ3n) is 7.74. The lowest BCUT2D eigenvalue weighted by molar-refractivity contribution is -0.148. The van der Waals surface area contributed by atoms with Crippen molar-refractivity contribution in [1.82, 2.24) is 5.48 Å². The van der Waals surface area contributed by atoms with E-state index in [9.17, 15) is 9.59 Å². The number of esters is 1. The lowest BCUT2D eigenvalue weighted by atomic mass is 9.80. The van der Waals surface area contributed by atoms with E-state index in [1.165, 1.54) is 0 Å². The Morgan fingerprint density at radius 1 is 1.13 bits per heavy atom. The number of aryl methyl sites for hydroxylation is 2. The SMILES string of the molecule is Cc1ccc(C(=O)[C@@H](C[C@H](NOCc2ccccc2)[C@@H]2C[C@@H](C(C)C)C(=O)O2)C(C)C)cc1CCCOCO. The second-order valence-corrected chi connectivity index (χ2v) is 11.3. The van der Waals surface area contributed by atoms with Gasteiger partial charge in [-0.3, -0.25) is 14.4 Å². The van der Waals surface area contributed by atoms with E-state index in [-0.39, 0.29) is 54.4 Å². The van der Waals surface area contributed by atoms with E-state index in [0.29, 0.717) is 31.6 Å². The largest absolute Gasteiger partial charge is 0.460 e. The van der Waals surface area contributed by atoms with Gasteiger partial charge in [0, 0.05) is 18.1 Å². The van der Waals surface area contributed by atoms with Crippen molar-refractivity contribution in [3.05, 3.63) is 70.8 Å². The number of hydrogen-bond acceptors (Lipinski definition) is 7. The van der Waals surface area contributed by atoms with Crippen LogP contribution in [-0.2, 0) is 32.1 Å². The molecular formula is C32H45NO6. The molecule has 3 rings (SSSR count). The van der Waals surface area contributed by atoms with Crippen molar-refractivity contribution in [1.29, 1.82) is 0 Å². The third kappa shape index (κ3) is 8.97. The number of Topliss-reactive ketones (excluding diaryl/α,β-unsaturated/α-hetero) is 1. The Labute approximate surface area is 233 Å². The van der Waals surface area contributed by atoms with Gasteiger partial charge in [-0.15, -0.1) is 0 Å². The van der Waals surface area contributed by atoms with Gasteiger partial charge in [-0.2, -0.15) is 5.48 Å². The Kier molecular flexibility index (Phi) is 12.1. The molecule has 1 fully saturated rings. The predicted molar refractivity (Wildman–Crippen MR) is 151 cm³/mol. The summed E-state index contributed by atoms with van der Waals surface area (Å²) >= 11 is 0. The number of cyclic esters (lactones) is 1. The fourth-order valence-corrected chi connectivity index (χ4v) is 5.20. The zero-order valence-electron chi connectivity index (χ0n) is 24.0. The molecule has 0 amide bonds. The van der Waals surface area contributed by atoms with Gasteiger partial charge in [-0.05, 0) is 67.2 Å². The minimum atomic E-state index is -0.366. The number of benzene rings is 2. The van der Waals surface area contributed by atoms with Crippen molar-refractivity contribution in [3.63, 3.8) is 0 Å². The van der Waals surface area contributed by atoms with E-state index >= 15 is 0 Å². The molecule has 0 radical (unpaired) electrons. The van der Waals surface area contributed by atoms with E-state index in [0.717, 1.165) is 29.5 Å². The number of aliphatic hydroxyl groups excluding tert-OH is 1. The second kappa shape index (κ2) is 15.3. The number of hydroxylamine groups is 1. The first-order chi connectivity index (χ1) is 18.7. The molecule has 1 heterocycles. The van der Waals surface area contributed by atoms with Crippen LogP contribution in [-0.4, -0.2) is 42.4 Å². The van der Waals surface area contributed by atoms with Crippen LogP contribution in [0, 0.1) is 30.6 Å². The van der Waals surface area contributed by atoms with Gasteiger partial charge in [-0.1, -0.05) is 70.2 Å². The van der Waals surface area contributed by atoms with Crippen LogP contribution in [0.2, 0.25) is 0 Å². The quantitative estimate of drug-likeness (QED) is 0.0968. The molecule has 1 saturated heterocycles. The molecule has 0 aromatic heterocycles. The minimum Gasteiger partial charge on any atom is -0.460 e. The number of rotatable bonds is 16. The first kappa shape index (κ1) is 31.0. The van der Waals surface area contributed by atoms with Gasteiger partial charge in [0.15, 0.2) is 5.78 Å². The van der Waals surface area contributed by atoms with Crippen molar-refractivity contribution in [3.8, 4) is 0 Å². The van der Waals surface area contributed by atoms with Crippen molar-refractivity contribution in [2.75, 3.05) is 13.4 Å². The Balaban J connectivity index is 1.77. The normalized spacial score (nSPS) is 18.9. The summed E-state index contributed by atoms with van der Waals surface area (Å²) in [5.41, 5.74) is 7.13. The highest BCUT2D eigenvalue weighted by Crippen LogP contribution is 2.33. The summed E-state index contributed by atoms with van der Waals surface area (Å²) in [4.78, 5) is 32.4. The molecule has 0 aliphatic carbocycles. The number of ether oxygens (including phenoxy) is 2. The van der Waals surface area contributed by atoms with Crippen LogP contribution in [0.15, 0.2) is 48.5 Å². The lowest BCUT2D eigenvalue weighted by Gasteiger charge is -2.29. The van der Waals surface area contributed by atoms with Gasteiger partial charge < -0.3 is 14.6 Å². The van der Waals surface area contributed by atoms with Gasteiger partial charge >= 0.3 is 5.97 Å². The number of ketones is 1. The summed E-state index contributed by atoms with van der Waals surface area (Å²) in [6, 6.07) is 15.4. The fraction of sp³-hybridized carbons (Fsp3) is 0.562. The van der Waals surface area contributed by atoms with Crippen LogP contribution in [0.3, 0.4) is 0 Å². The minimum absolute atomic E-state index is 0.0802. The average Bonchev–Trinajstić information content (AvgIpc) is 3.31. The number of nitrogens with one attached hydrogen (secondary N) is 1. The Morgan fingerprint density at radius 2 is 1.87 bits per heavy atom. The predicted octanol–water partition coefficient (Wildman–Crippen LogP) is 5.42. The smallest absolute Gasteiger partial charge is 0.309 e. The van der Waals surface area contributed by atoms with E-state index in [1.54, 1.807) is 0 Å². The Hall–Kier alpha value is -2.58. The Morgan fingerprint density at radius 3 is 2.51 bits per heavy atom. The van der Waals surface area contributed by atoms with E-state index in [4.69, 9.17) is 19.4 Å². The fourth-order valence-electron chi connectivity index (χ4n) is 5.20. The monoisotopic (exact) mass is 539 g/mol.